The number of aliphatic hydroxyl groups is 1. The Hall–Kier alpha value is -1.86. The van der Waals surface area contributed by atoms with Crippen LogP contribution in [0.25, 0.3) is 0 Å². The minimum absolute atomic E-state index is 0.216. The molecule has 22 heavy (non-hydrogen) atoms. The van der Waals surface area contributed by atoms with Crippen LogP contribution in [0.15, 0.2) is 36.9 Å². The molecular weight excluding hydrogens is 297 g/mol. The van der Waals surface area contributed by atoms with Crippen LogP contribution < -0.4 is 5.32 Å². The summed E-state index contributed by atoms with van der Waals surface area (Å²) in [6.45, 7) is 4.48. The maximum Gasteiger partial charge on any atom is 0.416 e. The number of hydrogen-bond acceptors (Lipinski definition) is 3. The Morgan fingerprint density at radius 2 is 2.05 bits per heavy atom. The molecule has 1 aromatic carbocycles. The van der Waals surface area contributed by atoms with Gasteiger partial charge in [0.2, 0.25) is 5.91 Å². The Labute approximate surface area is 126 Å². The van der Waals surface area contributed by atoms with Gasteiger partial charge < -0.3 is 10.4 Å². The number of rotatable bonds is 4. The van der Waals surface area contributed by atoms with Crippen molar-refractivity contribution in [2.45, 2.75) is 24.9 Å². The highest BCUT2D eigenvalue weighted by atomic mass is 19.4. The predicted molar refractivity (Wildman–Crippen MR) is 74.6 cm³/mol. The standard InChI is InChI=1S/C15H17F3N2O2/c1-2-13(21)19-14(22)7-8-20(10-14)9-11-3-5-12(6-4-11)15(16,17)18/h2-6,22H,1,7-10H2,(H,19,21)/t14-/m0/s1. The van der Waals surface area contributed by atoms with Crippen molar-refractivity contribution in [2.75, 3.05) is 13.1 Å². The second-order valence-corrected chi connectivity index (χ2v) is 5.38. The van der Waals surface area contributed by atoms with Gasteiger partial charge in [0.15, 0.2) is 5.72 Å². The number of amides is 1. The van der Waals surface area contributed by atoms with Crippen LogP contribution in [0.4, 0.5) is 13.2 Å². The summed E-state index contributed by atoms with van der Waals surface area (Å²) in [6, 6.07) is 4.92. The van der Waals surface area contributed by atoms with Crippen molar-refractivity contribution in [1.82, 2.24) is 10.2 Å². The van der Waals surface area contributed by atoms with Crippen molar-refractivity contribution < 1.29 is 23.1 Å². The van der Waals surface area contributed by atoms with Crippen LogP contribution in [0.5, 0.6) is 0 Å². The fourth-order valence-corrected chi connectivity index (χ4v) is 2.45. The van der Waals surface area contributed by atoms with Gasteiger partial charge in [-0.25, -0.2) is 0 Å². The molecule has 4 nitrogen and oxygen atoms in total. The maximum atomic E-state index is 12.5. The van der Waals surface area contributed by atoms with E-state index in [9.17, 15) is 23.1 Å². The normalized spacial score (nSPS) is 22.5. The number of halogens is 3. The molecule has 2 rings (SSSR count). The van der Waals surface area contributed by atoms with Gasteiger partial charge in [-0.05, 0) is 23.8 Å². The summed E-state index contributed by atoms with van der Waals surface area (Å²) < 4.78 is 37.5. The molecule has 1 aromatic rings. The Bertz CT molecular complexity index is 557. The van der Waals surface area contributed by atoms with Gasteiger partial charge in [-0.15, -0.1) is 0 Å². The number of nitrogens with zero attached hydrogens (tertiary/aromatic N) is 1. The van der Waals surface area contributed by atoms with Crippen LogP contribution in [0, 0.1) is 0 Å². The van der Waals surface area contributed by atoms with Gasteiger partial charge >= 0.3 is 6.18 Å². The molecule has 1 atom stereocenters. The molecule has 120 valence electrons. The van der Waals surface area contributed by atoms with Gasteiger partial charge in [-0.1, -0.05) is 18.7 Å². The summed E-state index contributed by atoms with van der Waals surface area (Å²) in [5.74, 6) is -0.459. The molecule has 1 aliphatic rings. The molecule has 1 saturated heterocycles. The first kappa shape index (κ1) is 16.5. The number of benzene rings is 1. The van der Waals surface area contributed by atoms with Crippen molar-refractivity contribution in [3.8, 4) is 0 Å². The predicted octanol–water partition coefficient (Wildman–Crippen LogP) is 1.90. The topological polar surface area (TPSA) is 52.6 Å². The Morgan fingerprint density at radius 1 is 1.41 bits per heavy atom. The summed E-state index contributed by atoms with van der Waals surface area (Å²) in [4.78, 5) is 13.1. The Kier molecular flexibility index (Phi) is 4.58. The average Bonchev–Trinajstić information content (AvgIpc) is 2.79. The SMILES string of the molecule is C=CC(=O)N[C@]1(O)CCN(Cc2ccc(C(F)(F)F)cc2)C1. The van der Waals surface area contributed by atoms with Crippen LogP contribution >= 0.6 is 0 Å². The largest absolute Gasteiger partial charge is 0.416 e. The zero-order chi connectivity index (χ0) is 16.4. The number of nitrogens with one attached hydrogen (secondary N) is 1. The molecule has 2 N–H and O–H groups in total. The van der Waals surface area contributed by atoms with E-state index in [1.54, 1.807) is 0 Å². The molecule has 0 saturated carbocycles. The number of carbonyl (C=O) groups is 1. The second kappa shape index (κ2) is 6.10. The molecule has 1 heterocycles. The van der Waals surface area contributed by atoms with Gasteiger partial charge in [0, 0.05) is 26.1 Å². The van der Waals surface area contributed by atoms with Crippen molar-refractivity contribution in [3.63, 3.8) is 0 Å². The minimum Gasteiger partial charge on any atom is -0.370 e. The summed E-state index contributed by atoms with van der Waals surface area (Å²) in [6.07, 6.45) is -2.91. The zero-order valence-corrected chi connectivity index (χ0v) is 11.9. The van der Waals surface area contributed by atoms with E-state index in [-0.39, 0.29) is 6.54 Å². The second-order valence-electron chi connectivity index (χ2n) is 5.38. The monoisotopic (exact) mass is 314 g/mol. The molecule has 0 bridgehead atoms. The van der Waals surface area contributed by atoms with Gasteiger partial charge in [0.25, 0.3) is 0 Å². The lowest BCUT2D eigenvalue weighted by molar-refractivity contribution is -0.137. The molecule has 7 heteroatoms. The van der Waals surface area contributed by atoms with Crippen LogP contribution in [0.1, 0.15) is 17.5 Å². The fraction of sp³-hybridized carbons (Fsp3) is 0.400. The molecular formula is C15H17F3N2O2. The third kappa shape index (κ3) is 4.08. The summed E-state index contributed by atoms with van der Waals surface area (Å²) in [5.41, 5.74) is -1.29. The quantitative estimate of drug-likeness (QED) is 0.659. The first-order chi connectivity index (χ1) is 10.2. The molecule has 1 amide bonds. The average molecular weight is 314 g/mol. The van der Waals surface area contributed by atoms with Crippen molar-refractivity contribution in [2.24, 2.45) is 0 Å². The van der Waals surface area contributed by atoms with Crippen LogP contribution in [0.2, 0.25) is 0 Å². The Morgan fingerprint density at radius 3 is 2.59 bits per heavy atom. The molecule has 0 aliphatic carbocycles. The smallest absolute Gasteiger partial charge is 0.370 e. The van der Waals surface area contributed by atoms with Crippen LogP contribution in [0.3, 0.4) is 0 Å². The first-order valence-corrected chi connectivity index (χ1v) is 6.77. The lowest BCUT2D eigenvalue weighted by Gasteiger charge is -2.24. The first-order valence-electron chi connectivity index (χ1n) is 6.77. The minimum atomic E-state index is -4.35. The molecule has 0 aromatic heterocycles. The van der Waals surface area contributed by atoms with E-state index in [2.05, 4.69) is 11.9 Å². The van der Waals surface area contributed by atoms with E-state index < -0.39 is 23.4 Å². The third-order valence-electron chi connectivity index (χ3n) is 3.56. The van der Waals surface area contributed by atoms with Crippen LogP contribution in [-0.2, 0) is 17.5 Å². The van der Waals surface area contributed by atoms with E-state index in [0.717, 1.165) is 18.2 Å². The summed E-state index contributed by atoms with van der Waals surface area (Å²) >= 11 is 0. The lowest BCUT2D eigenvalue weighted by Crippen LogP contribution is -2.49. The summed E-state index contributed by atoms with van der Waals surface area (Å²) in [7, 11) is 0. The van der Waals surface area contributed by atoms with Gasteiger partial charge in [0.05, 0.1) is 5.56 Å². The number of hydrogen-bond donors (Lipinski definition) is 2. The van der Waals surface area contributed by atoms with Gasteiger partial charge in [0.1, 0.15) is 0 Å². The van der Waals surface area contributed by atoms with E-state index in [0.29, 0.717) is 25.1 Å². The molecule has 0 unspecified atom stereocenters. The molecule has 0 spiro atoms. The number of likely N-dealkylation sites (tertiary alicyclic amines) is 1. The highest BCUT2D eigenvalue weighted by molar-refractivity contribution is 5.87. The molecule has 1 aliphatic heterocycles. The maximum absolute atomic E-state index is 12.5. The highest BCUT2D eigenvalue weighted by Gasteiger charge is 2.37. The molecule has 1 fully saturated rings. The number of carbonyl (C=O) groups excluding carboxylic acids is 1. The van der Waals surface area contributed by atoms with E-state index in [4.69, 9.17) is 0 Å². The molecule has 0 radical (unpaired) electrons. The van der Waals surface area contributed by atoms with Crippen molar-refractivity contribution in [1.29, 1.82) is 0 Å². The van der Waals surface area contributed by atoms with E-state index in [1.807, 2.05) is 4.90 Å². The van der Waals surface area contributed by atoms with E-state index >= 15 is 0 Å². The Balaban J connectivity index is 1.95. The lowest BCUT2D eigenvalue weighted by atomic mass is 10.1. The highest BCUT2D eigenvalue weighted by Crippen LogP contribution is 2.29. The third-order valence-corrected chi connectivity index (χ3v) is 3.56. The van der Waals surface area contributed by atoms with Gasteiger partial charge in [-0.3, -0.25) is 9.69 Å². The van der Waals surface area contributed by atoms with Gasteiger partial charge in [-0.2, -0.15) is 13.2 Å². The van der Waals surface area contributed by atoms with Crippen molar-refractivity contribution in [3.05, 3.63) is 48.0 Å². The summed E-state index contributed by atoms with van der Waals surface area (Å²) in [5, 5.41) is 12.7. The fourth-order valence-electron chi connectivity index (χ4n) is 2.45. The van der Waals surface area contributed by atoms with E-state index in [1.165, 1.54) is 12.1 Å². The number of alkyl halides is 3. The van der Waals surface area contributed by atoms with Crippen molar-refractivity contribution >= 4 is 5.91 Å². The number of β-amino-alcohol motifs (C(OH)–C–C–N with tert-alkyl or cyclic N) is 1. The zero-order valence-electron chi connectivity index (χ0n) is 11.9. The van der Waals surface area contributed by atoms with Crippen LogP contribution in [-0.4, -0.2) is 34.7 Å².